The largest absolute Gasteiger partial charge is 0.444 e. The molecule has 30 heavy (non-hydrogen) atoms. The van der Waals surface area contributed by atoms with Crippen molar-refractivity contribution in [3.63, 3.8) is 0 Å². The number of nitrogens with zero attached hydrogens (tertiary/aromatic N) is 1. The Hall–Kier alpha value is -2.12. The van der Waals surface area contributed by atoms with Gasteiger partial charge in [0.25, 0.3) is 0 Å². The van der Waals surface area contributed by atoms with Gasteiger partial charge in [0, 0.05) is 19.0 Å². The SMILES string of the molecule is CC(C)(C)OC(=O)N1CCC(NC(=O)C2CCC(=CCCCF)CC2)(C(N)=O)CC1. The highest BCUT2D eigenvalue weighted by atomic mass is 19.1. The third-order valence-electron chi connectivity index (χ3n) is 5.87. The molecule has 0 aromatic heterocycles. The zero-order valence-corrected chi connectivity index (χ0v) is 18.5. The van der Waals surface area contributed by atoms with Crippen LogP contribution in [0, 0.1) is 5.92 Å². The van der Waals surface area contributed by atoms with Gasteiger partial charge in [0.05, 0.1) is 6.67 Å². The molecule has 1 heterocycles. The molecule has 1 aliphatic heterocycles. The third-order valence-corrected chi connectivity index (χ3v) is 5.87. The first-order valence-electron chi connectivity index (χ1n) is 10.9. The summed E-state index contributed by atoms with van der Waals surface area (Å²) in [6, 6.07) is 0. The number of carbonyl (C=O) groups excluding carboxylic acids is 3. The van der Waals surface area contributed by atoms with Crippen LogP contribution in [-0.2, 0) is 14.3 Å². The van der Waals surface area contributed by atoms with E-state index in [9.17, 15) is 18.8 Å². The molecule has 7 nitrogen and oxygen atoms in total. The predicted molar refractivity (Wildman–Crippen MR) is 112 cm³/mol. The Labute approximate surface area is 178 Å². The molecule has 0 aromatic rings. The van der Waals surface area contributed by atoms with Gasteiger partial charge < -0.3 is 20.7 Å². The number of primary amides is 1. The Morgan fingerprint density at radius 3 is 2.33 bits per heavy atom. The monoisotopic (exact) mass is 425 g/mol. The third kappa shape index (κ3) is 6.71. The van der Waals surface area contributed by atoms with Crippen LogP contribution in [0.1, 0.15) is 72.1 Å². The van der Waals surface area contributed by atoms with Crippen LogP contribution in [0.25, 0.3) is 0 Å². The topological polar surface area (TPSA) is 102 Å². The van der Waals surface area contributed by atoms with E-state index in [1.807, 2.05) is 0 Å². The molecule has 0 unspecified atom stereocenters. The van der Waals surface area contributed by atoms with Crippen molar-refractivity contribution < 1.29 is 23.5 Å². The molecule has 1 saturated carbocycles. The minimum atomic E-state index is -1.13. The minimum absolute atomic E-state index is 0.151. The summed E-state index contributed by atoms with van der Waals surface area (Å²) in [5.41, 5.74) is 5.22. The fourth-order valence-corrected chi connectivity index (χ4v) is 4.01. The van der Waals surface area contributed by atoms with Crippen molar-refractivity contribution in [1.29, 1.82) is 0 Å². The summed E-state index contributed by atoms with van der Waals surface area (Å²) in [5.74, 6) is -0.881. The molecule has 0 atom stereocenters. The van der Waals surface area contributed by atoms with E-state index in [1.165, 1.54) is 5.57 Å². The maximum absolute atomic E-state index is 12.9. The number of alkyl halides is 1. The van der Waals surface area contributed by atoms with E-state index >= 15 is 0 Å². The normalized spacial score (nSPS) is 21.7. The second-order valence-corrected chi connectivity index (χ2v) is 9.37. The van der Waals surface area contributed by atoms with Crippen molar-refractivity contribution in [2.45, 2.75) is 83.3 Å². The Morgan fingerprint density at radius 2 is 1.83 bits per heavy atom. The van der Waals surface area contributed by atoms with Crippen molar-refractivity contribution >= 4 is 17.9 Å². The second-order valence-electron chi connectivity index (χ2n) is 9.37. The number of piperidine rings is 1. The van der Waals surface area contributed by atoms with Crippen molar-refractivity contribution in [1.82, 2.24) is 10.2 Å². The molecule has 3 N–H and O–H groups in total. The first-order valence-corrected chi connectivity index (χ1v) is 10.9. The van der Waals surface area contributed by atoms with Crippen LogP contribution in [0.15, 0.2) is 11.6 Å². The molecule has 8 heteroatoms. The van der Waals surface area contributed by atoms with Crippen LogP contribution in [0.3, 0.4) is 0 Å². The summed E-state index contributed by atoms with van der Waals surface area (Å²) in [6.45, 7) is 5.68. The fraction of sp³-hybridized carbons (Fsp3) is 0.773. The molecule has 170 valence electrons. The van der Waals surface area contributed by atoms with Gasteiger partial charge in [-0.05, 0) is 72.1 Å². The maximum atomic E-state index is 12.9. The average molecular weight is 426 g/mol. The van der Waals surface area contributed by atoms with E-state index in [-0.39, 0.29) is 31.3 Å². The van der Waals surface area contributed by atoms with Gasteiger partial charge in [0.15, 0.2) is 0 Å². The van der Waals surface area contributed by atoms with Gasteiger partial charge in [-0.1, -0.05) is 11.6 Å². The van der Waals surface area contributed by atoms with Crippen molar-refractivity contribution in [2.24, 2.45) is 11.7 Å². The number of halogens is 1. The first kappa shape index (κ1) is 24.2. The number of nitrogens with two attached hydrogens (primary N) is 1. The molecule has 2 fully saturated rings. The van der Waals surface area contributed by atoms with Gasteiger partial charge in [0.1, 0.15) is 11.1 Å². The summed E-state index contributed by atoms with van der Waals surface area (Å²) in [6.07, 6.45) is 6.55. The van der Waals surface area contributed by atoms with Crippen LogP contribution in [0.2, 0.25) is 0 Å². The quantitative estimate of drug-likeness (QED) is 0.504. The van der Waals surface area contributed by atoms with Gasteiger partial charge in [-0.3, -0.25) is 14.0 Å². The summed E-state index contributed by atoms with van der Waals surface area (Å²) in [7, 11) is 0. The highest BCUT2D eigenvalue weighted by molar-refractivity contribution is 5.91. The number of rotatable bonds is 6. The molecule has 0 spiro atoms. The van der Waals surface area contributed by atoms with Crippen LogP contribution >= 0.6 is 0 Å². The number of hydrogen-bond acceptors (Lipinski definition) is 4. The first-order chi connectivity index (χ1) is 14.1. The minimum Gasteiger partial charge on any atom is -0.444 e. The number of nitrogens with one attached hydrogen (secondary N) is 1. The lowest BCUT2D eigenvalue weighted by Gasteiger charge is -2.41. The molecule has 2 rings (SSSR count). The van der Waals surface area contributed by atoms with Gasteiger partial charge in [-0.15, -0.1) is 0 Å². The lowest BCUT2D eigenvalue weighted by Crippen LogP contribution is -2.63. The van der Waals surface area contributed by atoms with Gasteiger partial charge in [-0.25, -0.2) is 4.79 Å². The number of unbranched alkanes of at least 4 members (excludes halogenated alkanes) is 1. The molecule has 0 radical (unpaired) electrons. The number of allylic oxidation sites excluding steroid dienone is 2. The Kier molecular flexibility index (Phi) is 8.26. The molecule has 1 saturated heterocycles. The summed E-state index contributed by atoms with van der Waals surface area (Å²) >= 11 is 0. The molecular weight excluding hydrogens is 389 g/mol. The zero-order chi connectivity index (χ0) is 22.4. The zero-order valence-electron chi connectivity index (χ0n) is 18.5. The van der Waals surface area contributed by atoms with Crippen molar-refractivity contribution in [2.75, 3.05) is 19.8 Å². The van der Waals surface area contributed by atoms with Crippen molar-refractivity contribution in [3.05, 3.63) is 11.6 Å². The van der Waals surface area contributed by atoms with Gasteiger partial charge in [-0.2, -0.15) is 0 Å². The standard InChI is InChI=1S/C22H36FN3O4/c1-21(2,3)30-20(29)26-14-11-22(12-15-26,19(24)28)25-18(27)17-9-7-16(8-10-17)6-4-5-13-23/h6,17H,4-5,7-15H2,1-3H3,(H2,24,28)(H,25,27). The Bertz CT molecular complexity index is 654. The number of likely N-dealkylation sites (tertiary alicyclic amines) is 1. The molecule has 0 aromatic carbocycles. The van der Waals surface area contributed by atoms with Crippen molar-refractivity contribution in [3.8, 4) is 0 Å². The Balaban J connectivity index is 1.90. The van der Waals surface area contributed by atoms with E-state index in [1.54, 1.807) is 25.7 Å². The summed E-state index contributed by atoms with van der Waals surface area (Å²) in [5, 5.41) is 2.92. The van der Waals surface area contributed by atoms with Crippen LogP contribution < -0.4 is 11.1 Å². The van der Waals surface area contributed by atoms with E-state index in [4.69, 9.17) is 10.5 Å². The second kappa shape index (κ2) is 10.3. The molecule has 2 aliphatic rings. The Morgan fingerprint density at radius 1 is 1.23 bits per heavy atom. The molecular formula is C22H36FN3O4. The van der Waals surface area contributed by atoms with Gasteiger partial charge in [0.2, 0.25) is 11.8 Å². The van der Waals surface area contributed by atoms with Gasteiger partial charge >= 0.3 is 6.09 Å². The predicted octanol–water partition coefficient (Wildman–Crippen LogP) is 3.22. The van der Waals surface area contributed by atoms with Crippen LogP contribution in [-0.4, -0.2) is 53.7 Å². The number of carbonyl (C=O) groups is 3. The summed E-state index contributed by atoms with van der Waals surface area (Å²) < 4.78 is 17.6. The number of ether oxygens (including phenoxy) is 1. The highest BCUT2D eigenvalue weighted by Gasteiger charge is 2.44. The van der Waals surface area contributed by atoms with Crippen LogP contribution in [0.4, 0.5) is 9.18 Å². The lowest BCUT2D eigenvalue weighted by atomic mass is 9.82. The average Bonchev–Trinajstić information content (AvgIpc) is 2.67. The molecule has 0 bridgehead atoms. The molecule has 3 amide bonds. The summed E-state index contributed by atoms with van der Waals surface area (Å²) in [4.78, 5) is 38.9. The number of hydrogen-bond donors (Lipinski definition) is 2. The van der Waals surface area contributed by atoms with Crippen LogP contribution in [0.5, 0.6) is 0 Å². The fourth-order valence-electron chi connectivity index (χ4n) is 4.01. The molecule has 1 aliphatic carbocycles. The highest BCUT2D eigenvalue weighted by Crippen LogP contribution is 2.31. The van der Waals surface area contributed by atoms with E-state index in [2.05, 4.69) is 11.4 Å². The maximum Gasteiger partial charge on any atom is 0.410 e. The number of amides is 3. The smallest absolute Gasteiger partial charge is 0.410 e. The van der Waals surface area contributed by atoms with E-state index in [0.29, 0.717) is 32.4 Å². The van der Waals surface area contributed by atoms with E-state index < -0.39 is 23.1 Å². The van der Waals surface area contributed by atoms with E-state index in [0.717, 1.165) is 19.3 Å². The lowest BCUT2D eigenvalue weighted by molar-refractivity contribution is -0.136.